The molecule has 9 heteroatoms. The van der Waals surface area contributed by atoms with Crippen LogP contribution in [0.15, 0.2) is 23.4 Å². The molecule has 1 saturated carbocycles. The molecule has 0 radical (unpaired) electrons. The Hall–Kier alpha value is -1.83. The number of halogens is 3. The minimum Gasteiger partial charge on any atom is -0.305 e. The van der Waals surface area contributed by atoms with Gasteiger partial charge in [-0.3, -0.25) is 9.48 Å². The molecule has 1 aliphatic rings. The van der Waals surface area contributed by atoms with E-state index >= 15 is 0 Å². The van der Waals surface area contributed by atoms with Crippen LogP contribution in [-0.4, -0.2) is 30.5 Å². The fourth-order valence-electron chi connectivity index (χ4n) is 2.26. The van der Waals surface area contributed by atoms with Crippen LogP contribution in [-0.2, 0) is 13.1 Å². The maximum Gasteiger partial charge on any atom is 0.288 e. The molecule has 1 aliphatic carbocycles. The number of aromatic nitrogens is 5. The smallest absolute Gasteiger partial charge is 0.288 e. The summed E-state index contributed by atoms with van der Waals surface area (Å²) in [4.78, 5) is 15.4. The summed E-state index contributed by atoms with van der Waals surface area (Å²) in [7, 11) is 0. The van der Waals surface area contributed by atoms with Gasteiger partial charge in [0.05, 0.1) is 25.2 Å². The highest BCUT2D eigenvalue weighted by Gasteiger charge is 2.65. The monoisotopic (exact) mass is 315 g/mol. The van der Waals surface area contributed by atoms with Crippen molar-refractivity contribution >= 4 is 11.6 Å². The molecule has 1 fully saturated rings. The van der Waals surface area contributed by atoms with E-state index in [2.05, 4.69) is 15.3 Å². The molecule has 2 atom stereocenters. The second-order valence-electron chi connectivity index (χ2n) is 5.15. The zero-order chi connectivity index (χ0) is 15.2. The van der Waals surface area contributed by atoms with Crippen LogP contribution in [0.2, 0.25) is 5.15 Å². The number of hydrogen-bond donors (Lipinski definition) is 0. The van der Waals surface area contributed by atoms with Gasteiger partial charge in [0.2, 0.25) is 0 Å². The van der Waals surface area contributed by atoms with E-state index in [0.717, 1.165) is 0 Å². The normalized spacial score (nSPS) is 23.2. The van der Waals surface area contributed by atoms with Crippen molar-refractivity contribution in [3.05, 3.63) is 39.8 Å². The zero-order valence-electron chi connectivity index (χ0n) is 11.1. The van der Waals surface area contributed by atoms with E-state index in [1.807, 2.05) is 0 Å². The highest BCUT2D eigenvalue weighted by molar-refractivity contribution is 6.29. The fourth-order valence-corrected chi connectivity index (χ4v) is 2.43. The van der Waals surface area contributed by atoms with Gasteiger partial charge in [-0.1, -0.05) is 23.7 Å². The van der Waals surface area contributed by atoms with Crippen LogP contribution in [0.5, 0.6) is 0 Å². The molecular formula is C12H12ClF2N5O. The Morgan fingerprint density at radius 2 is 2.19 bits per heavy atom. The van der Waals surface area contributed by atoms with Gasteiger partial charge >= 0.3 is 0 Å². The van der Waals surface area contributed by atoms with Crippen molar-refractivity contribution in [1.29, 1.82) is 0 Å². The lowest BCUT2D eigenvalue weighted by Gasteiger charge is -2.01. The average molecular weight is 316 g/mol. The van der Waals surface area contributed by atoms with Crippen LogP contribution >= 0.6 is 11.6 Å². The summed E-state index contributed by atoms with van der Waals surface area (Å²) in [5.74, 6) is -3.96. The maximum atomic E-state index is 13.2. The minimum absolute atomic E-state index is 0.118. The largest absolute Gasteiger partial charge is 0.305 e. The van der Waals surface area contributed by atoms with E-state index in [4.69, 9.17) is 11.6 Å². The van der Waals surface area contributed by atoms with Crippen LogP contribution in [0.1, 0.15) is 12.6 Å². The van der Waals surface area contributed by atoms with Crippen LogP contribution in [0.25, 0.3) is 0 Å². The molecule has 0 aromatic carbocycles. The van der Waals surface area contributed by atoms with Gasteiger partial charge in [-0.15, -0.1) is 5.10 Å². The van der Waals surface area contributed by atoms with Gasteiger partial charge in [-0.05, 0) is 0 Å². The lowest BCUT2D eigenvalue weighted by Crippen LogP contribution is -2.21. The fraction of sp³-hybridized carbons (Fsp3) is 0.500. The van der Waals surface area contributed by atoms with E-state index in [9.17, 15) is 13.6 Å². The van der Waals surface area contributed by atoms with E-state index < -0.39 is 23.3 Å². The van der Waals surface area contributed by atoms with Gasteiger partial charge in [-0.2, -0.15) is 0 Å². The molecule has 0 saturated heterocycles. The lowest BCUT2D eigenvalue weighted by atomic mass is 10.3. The lowest BCUT2D eigenvalue weighted by molar-refractivity contribution is 0.0828. The Labute approximate surface area is 123 Å². The quantitative estimate of drug-likeness (QED) is 0.856. The summed E-state index contributed by atoms with van der Waals surface area (Å²) >= 11 is 5.64. The topological polar surface area (TPSA) is 65.6 Å². The number of hydrogen-bond acceptors (Lipinski definition) is 4. The van der Waals surface area contributed by atoms with Crippen LogP contribution < -0.4 is 5.56 Å². The first-order chi connectivity index (χ1) is 9.89. The van der Waals surface area contributed by atoms with Crippen molar-refractivity contribution in [1.82, 2.24) is 24.5 Å². The molecule has 0 N–H and O–H groups in total. The Morgan fingerprint density at radius 3 is 2.86 bits per heavy atom. The van der Waals surface area contributed by atoms with Gasteiger partial charge in [0.25, 0.3) is 11.5 Å². The molecule has 0 unspecified atom stereocenters. The molecule has 2 aromatic rings. The zero-order valence-corrected chi connectivity index (χ0v) is 11.8. The van der Waals surface area contributed by atoms with Gasteiger partial charge in [0, 0.05) is 18.3 Å². The SMILES string of the molecule is C[C@@H]1[C@@H](Cn2cc(Cn3ccnc(Cl)c3=O)nn2)C1(F)F. The van der Waals surface area contributed by atoms with Crippen molar-refractivity contribution in [3.8, 4) is 0 Å². The molecular weight excluding hydrogens is 304 g/mol. The summed E-state index contributed by atoms with van der Waals surface area (Å²) in [5, 5.41) is 7.57. The molecule has 21 heavy (non-hydrogen) atoms. The average Bonchev–Trinajstić information content (AvgIpc) is 2.81. The van der Waals surface area contributed by atoms with Crippen molar-refractivity contribution in [3.63, 3.8) is 0 Å². The second-order valence-corrected chi connectivity index (χ2v) is 5.51. The molecule has 2 heterocycles. The standard InChI is InChI=1S/C12H12ClF2N5O/c1-7-9(12(7,14)15)6-20-5-8(17-18-20)4-19-3-2-16-10(13)11(19)21/h2-3,5,7,9H,4,6H2,1H3/t7-,9-/m1/s1. The third-order valence-electron chi connectivity index (χ3n) is 3.77. The molecule has 0 spiro atoms. The molecule has 0 bridgehead atoms. The van der Waals surface area contributed by atoms with Crippen LogP contribution in [0, 0.1) is 11.8 Å². The summed E-state index contributed by atoms with van der Waals surface area (Å²) < 4.78 is 29.1. The summed E-state index contributed by atoms with van der Waals surface area (Å²) in [6.07, 6.45) is 4.44. The Kier molecular flexibility index (Phi) is 3.27. The predicted octanol–water partition coefficient (Wildman–Crippen LogP) is 1.44. The van der Waals surface area contributed by atoms with E-state index in [1.54, 1.807) is 6.20 Å². The van der Waals surface area contributed by atoms with E-state index in [1.165, 1.54) is 28.6 Å². The van der Waals surface area contributed by atoms with Crippen LogP contribution in [0.4, 0.5) is 8.78 Å². The molecule has 0 aliphatic heterocycles. The van der Waals surface area contributed by atoms with Crippen molar-refractivity contribution in [2.45, 2.75) is 25.9 Å². The van der Waals surface area contributed by atoms with Crippen molar-refractivity contribution < 1.29 is 8.78 Å². The highest BCUT2D eigenvalue weighted by atomic mass is 35.5. The minimum atomic E-state index is -2.62. The number of rotatable bonds is 4. The number of alkyl halides is 2. The third kappa shape index (κ3) is 2.55. The van der Waals surface area contributed by atoms with Gasteiger partial charge < -0.3 is 4.57 Å². The number of nitrogens with zero attached hydrogens (tertiary/aromatic N) is 5. The Bertz CT molecular complexity index is 728. The Morgan fingerprint density at radius 1 is 1.48 bits per heavy atom. The van der Waals surface area contributed by atoms with Crippen molar-refractivity contribution in [2.75, 3.05) is 0 Å². The summed E-state index contributed by atoms with van der Waals surface area (Å²) in [6, 6.07) is 0. The van der Waals surface area contributed by atoms with E-state index in [-0.39, 0.29) is 18.2 Å². The van der Waals surface area contributed by atoms with Gasteiger partial charge in [0.15, 0.2) is 5.15 Å². The van der Waals surface area contributed by atoms with Crippen LogP contribution in [0.3, 0.4) is 0 Å². The van der Waals surface area contributed by atoms with Crippen molar-refractivity contribution in [2.24, 2.45) is 11.8 Å². The van der Waals surface area contributed by atoms with Gasteiger partial charge in [0.1, 0.15) is 5.69 Å². The first kappa shape index (κ1) is 14.1. The first-order valence-corrected chi connectivity index (χ1v) is 6.75. The molecule has 2 aromatic heterocycles. The summed E-state index contributed by atoms with van der Waals surface area (Å²) in [6.45, 7) is 1.80. The summed E-state index contributed by atoms with van der Waals surface area (Å²) in [5.41, 5.74) is 0.0621. The Balaban J connectivity index is 1.71. The predicted molar refractivity (Wildman–Crippen MR) is 70.2 cm³/mol. The maximum absolute atomic E-state index is 13.2. The van der Waals surface area contributed by atoms with Gasteiger partial charge in [-0.25, -0.2) is 13.8 Å². The van der Waals surface area contributed by atoms with E-state index in [0.29, 0.717) is 5.69 Å². The first-order valence-electron chi connectivity index (χ1n) is 6.37. The second kappa shape index (κ2) is 4.87. The molecule has 0 amide bonds. The highest BCUT2D eigenvalue weighted by Crippen LogP contribution is 2.55. The molecule has 112 valence electrons. The molecule has 6 nitrogen and oxygen atoms in total. The molecule has 3 rings (SSSR count). The third-order valence-corrected chi connectivity index (χ3v) is 4.03.